The molecule has 2 amide bonds. The fourth-order valence-corrected chi connectivity index (χ4v) is 5.31. The molecule has 196 valence electrons. The zero-order chi connectivity index (χ0) is 27.0. The molecule has 0 spiro atoms. The van der Waals surface area contributed by atoms with Gasteiger partial charge < -0.3 is 9.47 Å². The Balaban J connectivity index is 1.54. The highest BCUT2D eigenvalue weighted by atomic mass is 79.9. The van der Waals surface area contributed by atoms with Crippen LogP contribution in [-0.4, -0.2) is 36.6 Å². The number of carbonyl (C=O) groups excluding carboxylic acids is 2. The number of nitrogens with zero attached hydrogens (tertiary/aromatic N) is 3. The van der Waals surface area contributed by atoms with Gasteiger partial charge in [-0.3, -0.25) is 24.5 Å². The number of imide groups is 1. The van der Waals surface area contributed by atoms with Crippen molar-refractivity contribution in [2.24, 2.45) is 5.92 Å². The van der Waals surface area contributed by atoms with E-state index in [0.717, 1.165) is 11.3 Å². The molecule has 0 saturated carbocycles. The number of halogens is 1. The Bertz CT molecular complexity index is 1400. The van der Waals surface area contributed by atoms with Gasteiger partial charge in [0.1, 0.15) is 17.4 Å². The van der Waals surface area contributed by atoms with Crippen LogP contribution in [0.15, 0.2) is 71.2 Å². The predicted octanol–water partition coefficient (Wildman–Crippen LogP) is 5.21. The van der Waals surface area contributed by atoms with Crippen molar-refractivity contribution in [1.29, 1.82) is 0 Å². The van der Waals surface area contributed by atoms with Crippen LogP contribution in [0.2, 0.25) is 0 Å². The highest BCUT2D eigenvalue weighted by Crippen LogP contribution is 2.48. The fourth-order valence-electron chi connectivity index (χ4n) is 4.75. The van der Waals surface area contributed by atoms with Crippen LogP contribution in [0.3, 0.4) is 0 Å². The van der Waals surface area contributed by atoms with Gasteiger partial charge >= 0.3 is 0 Å². The average molecular weight is 582 g/mol. The van der Waals surface area contributed by atoms with Crippen molar-refractivity contribution >= 4 is 44.8 Å². The minimum atomic E-state index is -1.11. The molecular weight excluding hydrogens is 558 g/mol. The lowest BCUT2D eigenvalue weighted by Crippen LogP contribution is -2.37. The maximum absolute atomic E-state index is 13.8. The van der Waals surface area contributed by atoms with E-state index in [2.05, 4.69) is 15.9 Å². The third-order valence-electron chi connectivity index (χ3n) is 6.50. The number of benzene rings is 3. The molecule has 38 heavy (non-hydrogen) atoms. The van der Waals surface area contributed by atoms with Crippen molar-refractivity contribution in [3.05, 3.63) is 86.9 Å². The summed E-state index contributed by atoms with van der Waals surface area (Å²) >= 11 is 3.49. The molecule has 0 bridgehead atoms. The molecule has 5 rings (SSSR count). The summed E-state index contributed by atoms with van der Waals surface area (Å²) in [6.07, 6.45) is -0.251. The highest BCUT2D eigenvalue weighted by Gasteiger charge is 2.60. The molecule has 3 aromatic rings. The smallest absolute Gasteiger partial charge is 0.271 e. The summed E-state index contributed by atoms with van der Waals surface area (Å²) in [5.74, 6) is -0.589. The van der Waals surface area contributed by atoms with Crippen molar-refractivity contribution in [3.63, 3.8) is 0 Å². The maximum Gasteiger partial charge on any atom is 0.271 e. The Labute approximate surface area is 226 Å². The number of rotatable bonds is 8. The first-order chi connectivity index (χ1) is 18.3. The lowest BCUT2D eigenvalue weighted by atomic mass is 9.90. The third kappa shape index (κ3) is 4.48. The first kappa shape index (κ1) is 25.7. The van der Waals surface area contributed by atoms with Gasteiger partial charge in [-0.2, -0.15) is 0 Å². The number of hydrogen-bond acceptors (Lipinski definition) is 8. The van der Waals surface area contributed by atoms with Gasteiger partial charge in [-0.25, -0.2) is 9.96 Å². The van der Waals surface area contributed by atoms with E-state index in [9.17, 15) is 19.7 Å². The van der Waals surface area contributed by atoms with Gasteiger partial charge in [0, 0.05) is 12.1 Å². The maximum atomic E-state index is 13.8. The second-order valence-electron chi connectivity index (χ2n) is 8.85. The molecule has 2 saturated heterocycles. The molecule has 2 heterocycles. The molecule has 0 aromatic heterocycles. The van der Waals surface area contributed by atoms with Gasteiger partial charge in [-0.15, -0.1) is 0 Å². The molecule has 0 radical (unpaired) electrons. The molecule has 10 nitrogen and oxygen atoms in total. The van der Waals surface area contributed by atoms with E-state index in [1.807, 2.05) is 6.92 Å². The van der Waals surface area contributed by atoms with Crippen LogP contribution >= 0.6 is 15.9 Å². The number of carbonyl (C=O) groups is 2. The van der Waals surface area contributed by atoms with Crippen LogP contribution in [0.1, 0.15) is 24.9 Å². The summed E-state index contributed by atoms with van der Waals surface area (Å²) in [4.78, 5) is 45.5. The Morgan fingerprint density at radius 1 is 1.03 bits per heavy atom. The third-order valence-corrected chi connectivity index (χ3v) is 7.12. The molecular formula is C27H24BrN3O7. The topological polar surface area (TPSA) is 111 Å². The van der Waals surface area contributed by atoms with Crippen molar-refractivity contribution < 1.29 is 28.8 Å². The molecule has 0 aliphatic carbocycles. The summed E-state index contributed by atoms with van der Waals surface area (Å²) in [7, 11) is 1.54. The largest absolute Gasteiger partial charge is 0.496 e. The van der Waals surface area contributed by atoms with Crippen LogP contribution in [-0.2, 0) is 14.4 Å². The number of methoxy groups -OCH3 is 1. The zero-order valence-electron chi connectivity index (χ0n) is 20.6. The Morgan fingerprint density at radius 2 is 1.79 bits per heavy atom. The van der Waals surface area contributed by atoms with E-state index < -0.39 is 34.8 Å². The first-order valence-electron chi connectivity index (χ1n) is 12.0. The summed E-state index contributed by atoms with van der Waals surface area (Å²) < 4.78 is 11.6. The first-order valence-corrected chi connectivity index (χ1v) is 12.8. The number of non-ortho nitro benzene ring substituents is 1. The summed E-state index contributed by atoms with van der Waals surface area (Å²) in [5.41, 5.74) is 1.30. The highest BCUT2D eigenvalue weighted by molar-refractivity contribution is 9.10. The number of fused-ring (bicyclic) bond motifs is 1. The van der Waals surface area contributed by atoms with E-state index in [1.165, 1.54) is 23.3 Å². The molecule has 3 atom stereocenters. The van der Waals surface area contributed by atoms with E-state index in [0.29, 0.717) is 39.5 Å². The minimum absolute atomic E-state index is 0.137. The Hall–Kier alpha value is -3.96. The summed E-state index contributed by atoms with van der Waals surface area (Å²) in [6.45, 7) is 2.56. The summed E-state index contributed by atoms with van der Waals surface area (Å²) in [5, 5.41) is 12.8. The second-order valence-corrected chi connectivity index (χ2v) is 9.70. The van der Waals surface area contributed by atoms with Crippen LogP contribution in [0.5, 0.6) is 11.5 Å². The van der Waals surface area contributed by atoms with Gasteiger partial charge in [0.05, 0.1) is 40.5 Å². The number of nitro groups is 1. The van der Waals surface area contributed by atoms with Gasteiger partial charge in [0.2, 0.25) is 5.91 Å². The van der Waals surface area contributed by atoms with Gasteiger partial charge in [0.15, 0.2) is 6.10 Å². The molecule has 2 aliphatic heterocycles. The number of amides is 2. The van der Waals surface area contributed by atoms with E-state index in [4.69, 9.17) is 14.3 Å². The van der Waals surface area contributed by atoms with Crippen LogP contribution in [0, 0.1) is 16.0 Å². The van der Waals surface area contributed by atoms with Crippen LogP contribution in [0.25, 0.3) is 0 Å². The number of ether oxygens (including phenoxy) is 2. The molecule has 11 heteroatoms. The molecule has 2 aliphatic rings. The fraction of sp³-hybridized carbons (Fsp3) is 0.259. The van der Waals surface area contributed by atoms with Crippen LogP contribution < -0.4 is 19.4 Å². The summed E-state index contributed by atoms with van der Waals surface area (Å²) in [6, 6.07) is 17.2. The zero-order valence-corrected chi connectivity index (χ0v) is 22.2. The van der Waals surface area contributed by atoms with Crippen LogP contribution in [0.4, 0.5) is 17.1 Å². The quantitative estimate of drug-likeness (QED) is 0.202. The van der Waals surface area contributed by atoms with Gasteiger partial charge in [-0.05, 0) is 70.4 Å². The van der Waals surface area contributed by atoms with Crippen molar-refractivity contribution in [2.45, 2.75) is 25.5 Å². The molecule has 2 fully saturated rings. The van der Waals surface area contributed by atoms with E-state index in [1.54, 1.807) is 55.6 Å². The SMILES string of the molecule is CCCOc1ccc(N2C(=O)[C@H]3[C@H](ON(c4cccc([N+](=O)[O-])c4)[C@@H]3c3ccc(OC)c(Br)c3)C2=O)cc1. The Kier molecular flexibility index (Phi) is 7.04. The number of hydrogen-bond donors (Lipinski definition) is 0. The van der Waals surface area contributed by atoms with Gasteiger partial charge in [-0.1, -0.05) is 19.1 Å². The normalized spacial score (nSPS) is 20.6. The lowest BCUT2D eigenvalue weighted by Gasteiger charge is -2.29. The number of anilines is 2. The monoisotopic (exact) mass is 581 g/mol. The van der Waals surface area contributed by atoms with Crippen molar-refractivity contribution in [1.82, 2.24) is 0 Å². The van der Waals surface area contributed by atoms with Gasteiger partial charge in [0.25, 0.3) is 11.6 Å². The lowest BCUT2D eigenvalue weighted by molar-refractivity contribution is -0.384. The minimum Gasteiger partial charge on any atom is -0.496 e. The molecule has 0 N–H and O–H groups in total. The number of hydroxylamine groups is 1. The second kappa shape index (κ2) is 10.4. The van der Waals surface area contributed by atoms with E-state index in [-0.39, 0.29) is 5.69 Å². The number of nitro benzene ring substituents is 1. The van der Waals surface area contributed by atoms with Crippen molar-refractivity contribution in [3.8, 4) is 11.5 Å². The standard InChI is InChI=1S/C27H24BrN3O7/c1-3-13-37-20-10-8-17(9-11-20)29-26(32)23-24(16-7-12-22(36-2)21(28)14-16)30(38-25(23)27(29)33)18-5-4-6-19(15-18)31(34)35/h4-12,14-15,23-25H,3,13H2,1-2H3/t23-,24-,25+/m1/s1. The van der Waals surface area contributed by atoms with E-state index >= 15 is 0 Å². The predicted molar refractivity (Wildman–Crippen MR) is 142 cm³/mol. The molecule has 0 unspecified atom stereocenters. The molecule has 3 aromatic carbocycles. The average Bonchev–Trinajstić information content (AvgIpc) is 3.43. The Morgan fingerprint density at radius 3 is 2.45 bits per heavy atom. The van der Waals surface area contributed by atoms with Crippen molar-refractivity contribution in [2.75, 3.05) is 23.7 Å².